The zero-order valence-corrected chi connectivity index (χ0v) is 16.9. The van der Waals surface area contributed by atoms with Crippen LogP contribution in [0.25, 0.3) is 0 Å². The lowest BCUT2D eigenvalue weighted by molar-refractivity contribution is -0.697. The summed E-state index contributed by atoms with van der Waals surface area (Å²) in [4.78, 5) is 13.1. The highest BCUT2D eigenvalue weighted by atomic mass is 35.5. The van der Waals surface area contributed by atoms with Gasteiger partial charge in [0.1, 0.15) is 6.54 Å². The van der Waals surface area contributed by atoms with Crippen LogP contribution < -0.4 is 20.1 Å². The Morgan fingerprint density at radius 3 is 2.45 bits per heavy atom. The molecule has 3 N–H and O–H groups in total. The average molecular weight is 430 g/mol. The van der Waals surface area contributed by atoms with Gasteiger partial charge in [-0.15, -0.1) is 0 Å². The summed E-state index contributed by atoms with van der Waals surface area (Å²) in [6, 6.07) is 20.0. The van der Waals surface area contributed by atoms with Gasteiger partial charge in [-0.05, 0) is 36.4 Å². The molecule has 0 saturated carbocycles. The normalized spacial score (nSPS) is 13.2. The van der Waals surface area contributed by atoms with Gasteiger partial charge in [0.05, 0.1) is 0 Å². The maximum absolute atomic E-state index is 13.1. The second-order valence-electron chi connectivity index (χ2n) is 6.66. The molecule has 1 amide bonds. The first-order valence-corrected chi connectivity index (χ1v) is 9.88. The van der Waals surface area contributed by atoms with Crippen LogP contribution in [0.4, 0.5) is 5.69 Å². The summed E-state index contributed by atoms with van der Waals surface area (Å²) in [7, 11) is 0. The Labute approximate surface area is 178 Å². The van der Waals surface area contributed by atoms with Crippen molar-refractivity contribution in [2.24, 2.45) is 0 Å². The lowest BCUT2D eigenvalue weighted by atomic mass is 10.1. The maximum Gasteiger partial charge on any atom is 0.287 e. The number of nitrogens with one attached hydrogen (secondary N) is 1. The van der Waals surface area contributed by atoms with Crippen molar-refractivity contribution in [2.45, 2.75) is 12.6 Å². The molecule has 1 aliphatic rings. The molecule has 0 spiro atoms. The monoisotopic (exact) mass is 429 g/mol. The van der Waals surface area contributed by atoms with Gasteiger partial charge in [0.25, 0.3) is 5.91 Å². The summed E-state index contributed by atoms with van der Waals surface area (Å²) in [5, 5.41) is 5.83. The van der Waals surface area contributed by atoms with Crippen LogP contribution in [0.15, 0.2) is 66.7 Å². The first kappa shape index (κ1) is 19.6. The molecule has 3 aromatic carbocycles. The molecule has 0 fully saturated rings. The van der Waals surface area contributed by atoms with Gasteiger partial charge in [0, 0.05) is 26.9 Å². The summed E-state index contributed by atoms with van der Waals surface area (Å²) < 4.78 is 10.8. The molecular weight excluding hydrogens is 411 g/mol. The van der Waals surface area contributed by atoms with Crippen LogP contribution in [0.5, 0.6) is 11.5 Å². The van der Waals surface area contributed by atoms with E-state index in [0.29, 0.717) is 22.3 Å². The Hall–Kier alpha value is -2.73. The molecule has 148 valence electrons. The molecule has 1 aliphatic heterocycles. The van der Waals surface area contributed by atoms with E-state index < -0.39 is 6.04 Å². The molecule has 0 unspecified atom stereocenters. The molecule has 0 aliphatic carbocycles. The fourth-order valence-electron chi connectivity index (χ4n) is 3.22. The molecule has 3 aromatic rings. The Bertz CT molecular complexity index is 1010. The minimum Gasteiger partial charge on any atom is -0.454 e. The van der Waals surface area contributed by atoms with Crippen molar-refractivity contribution < 1.29 is 19.6 Å². The van der Waals surface area contributed by atoms with E-state index in [1.165, 1.54) is 0 Å². The average Bonchev–Trinajstić information content (AvgIpc) is 3.16. The van der Waals surface area contributed by atoms with Crippen molar-refractivity contribution >= 4 is 34.8 Å². The van der Waals surface area contributed by atoms with Gasteiger partial charge in [0.2, 0.25) is 6.79 Å². The van der Waals surface area contributed by atoms with Crippen LogP contribution in [-0.2, 0) is 11.3 Å². The third-order valence-electron chi connectivity index (χ3n) is 4.60. The molecule has 7 heteroatoms. The predicted molar refractivity (Wildman–Crippen MR) is 112 cm³/mol. The summed E-state index contributed by atoms with van der Waals surface area (Å²) in [6.45, 7) is 0.833. The van der Waals surface area contributed by atoms with E-state index >= 15 is 0 Å². The van der Waals surface area contributed by atoms with Gasteiger partial charge >= 0.3 is 0 Å². The van der Waals surface area contributed by atoms with E-state index in [4.69, 9.17) is 32.7 Å². The lowest BCUT2D eigenvalue weighted by Crippen LogP contribution is -2.85. The summed E-state index contributed by atoms with van der Waals surface area (Å²) in [6.07, 6.45) is 0. The maximum atomic E-state index is 13.1. The zero-order chi connectivity index (χ0) is 20.2. The number of hydrogen-bond acceptors (Lipinski definition) is 3. The molecule has 0 aromatic heterocycles. The number of carbonyl (C=O) groups excluding carboxylic acids is 1. The van der Waals surface area contributed by atoms with Gasteiger partial charge in [0.15, 0.2) is 17.5 Å². The summed E-state index contributed by atoms with van der Waals surface area (Å²) in [5.41, 5.74) is 2.50. The molecular formula is C22H19Cl2N2O3+. The van der Waals surface area contributed by atoms with E-state index in [-0.39, 0.29) is 12.7 Å². The predicted octanol–water partition coefficient (Wildman–Crippen LogP) is 4.17. The Kier molecular flexibility index (Phi) is 5.90. The quantitative estimate of drug-likeness (QED) is 0.617. The number of rotatable bonds is 6. The smallest absolute Gasteiger partial charge is 0.287 e. The van der Waals surface area contributed by atoms with Gasteiger partial charge < -0.3 is 20.1 Å². The number of anilines is 1. The number of quaternary nitrogens is 1. The van der Waals surface area contributed by atoms with Crippen LogP contribution >= 0.6 is 23.2 Å². The lowest BCUT2D eigenvalue weighted by Gasteiger charge is -2.16. The number of nitrogens with two attached hydrogens (primary N) is 1. The SMILES string of the molecule is O=C(Nc1cc(Cl)cc(Cl)c1)[C@@H]([NH2+]Cc1ccc2c(c1)OCO2)c1ccccc1. The third kappa shape index (κ3) is 4.82. The third-order valence-corrected chi connectivity index (χ3v) is 5.03. The minimum absolute atomic E-state index is 0.157. The zero-order valence-electron chi connectivity index (χ0n) is 15.4. The molecule has 0 radical (unpaired) electrons. The van der Waals surface area contributed by atoms with Crippen molar-refractivity contribution in [3.63, 3.8) is 0 Å². The Morgan fingerprint density at radius 2 is 1.69 bits per heavy atom. The van der Waals surface area contributed by atoms with Gasteiger partial charge in [-0.25, -0.2) is 0 Å². The second kappa shape index (κ2) is 8.74. The van der Waals surface area contributed by atoms with Crippen molar-refractivity contribution in [2.75, 3.05) is 12.1 Å². The van der Waals surface area contributed by atoms with Crippen LogP contribution in [0.2, 0.25) is 10.0 Å². The second-order valence-corrected chi connectivity index (χ2v) is 7.54. The number of hydrogen-bond donors (Lipinski definition) is 2. The van der Waals surface area contributed by atoms with E-state index in [9.17, 15) is 4.79 Å². The fraction of sp³-hybridized carbons (Fsp3) is 0.136. The Balaban J connectivity index is 1.52. The van der Waals surface area contributed by atoms with E-state index in [0.717, 1.165) is 22.6 Å². The van der Waals surface area contributed by atoms with Crippen molar-refractivity contribution in [3.05, 3.63) is 87.9 Å². The van der Waals surface area contributed by atoms with Crippen molar-refractivity contribution in [1.29, 1.82) is 0 Å². The van der Waals surface area contributed by atoms with Crippen LogP contribution in [0.1, 0.15) is 17.2 Å². The van der Waals surface area contributed by atoms with Crippen LogP contribution in [-0.4, -0.2) is 12.7 Å². The molecule has 1 atom stereocenters. The van der Waals surface area contributed by atoms with Crippen molar-refractivity contribution in [3.8, 4) is 11.5 Å². The largest absolute Gasteiger partial charge is 0.454 e. The van der Waals surface area contributed by atoms with E-state index in [1.807, 2.05) is 53.8 Å². The summed E-state index contributed by atoms with van der Waals surface area (Å²) >= 11 is 12.1. The van der Waals surface area contributed by atoms with Crippen LogP contribution in [0.3, 0.4) is 0 Å². The van der Waals surface area contributed by atoms with Gasteiger partial charge in [-0.2, -0.15) is 0 Å². The highest BCUT2D eigenvalue weighted by molar-refractivity contribution is 6.35. The van der Waals surface area contributed by atoms with E-state index in [2.05, 4.69) is 5.32 Å². The first-order chi connectivity index (χ1) is 14.1. The van der Waals surface area contributed by atoms with Gasteiger partial charge in [-0.3, -0.25) is 4.79 Å². The number of ether oxygens (including phenoxy) is 2. The molecule has 0 saturated heterocycles. The highest BCUT2D eigenvalue weighted by Gasteiger charge is 2.25. The molecule has 0 bridgehead atoms. The molecule has 5 nitrogen and oxygen atoms in total. The summed E-state index contributed by atoms with van der Waals surface area (Å²) in [5.74, 6) is 1.31. The number of halogens is 2. The number of fused-ring (bicyclic) bond motifs is 1. The fourth-order valence-corrected chi connectivity index (χ4v) is 3.75. The van der Waals surface area contributed by atoms with Crippen LogP contribution in [0, 0.1) is 0 Å². The van der Waals surface area contributed by atoms with Gasteiger partial charge in [-0.1, -0.05) is 53.5 Å². The number of amides is 1. The number of benzene rings is 3. The highest BCUT2D eigenvalue weighted by Crippen LogP contribution is 2.32. The molecule has 1 heterocycles. The molecule has 29 heavy (non-hydrogen) atoms. The first-order valence-electron chi connectivity index (χ1n) is 9.12. The minimum atomic E-state index is -0.445. The molecule has 4 rings (SSSR count). The van der Waals surface area contributed by atoms with Crippen molar-refractivity contribution in [1.82, 2.24) is 0 Å². The van der Waals surface area contributed by atoms with E-state index in [1.54, 1.807) is 18.2 Å². The Morgan fingerprint density at radius 1 is 0.966 bits per heavy atom. The topological polar surface area (TPSA) is 64.2 Å². The standard InChI is InChI=1S/C22H18Cl2N2O3/c23-16-9-17(24)11-18(10-16)26-22(27)21(15-4-2-1-3-5-15)25-12-14-6-7-19-20(8-14)29-13-28-19/h1-11,21,25H,12-13H2,(H,26,27)/p+1/t21-/m0/s1. The number of carbonyl (C=O) groups is 1.